The Morgan fingerprint density at radius 3 is 2.54 bits per heavy atom. The maximum Gasteiger partial charge on any atom is 0.128 e. The van der Waals surface area contributed by atoms with Crippen LogP contribution in [0.4, 0.5) is 0 Å². The van der Waals surface area contributed by atoms with Crippen LogP contribution in [0.2, 0.25) is 0 Å². The summed E-state index contributed by atoms with van der Waals surface area (Å²) in [4.78, 5) is 0. The van der Waals surface area contributed by atoms with Crippen molar-refractivity contribution in [1.29, 1.82) is 0 Å². The van der Waals surface area contributed by atoms with Gasteiger partial charge in [0, 0.05) is 5.92 Å². The minimum absolute atomic E-state index is 0.0890. The Kier molecular flexibility index (Phi) is 5.27. The molecule has 1 nitrogen and oxygen atoms in total. The van der Waals surface area contributed by atoms with Crippen LogP contribution < -0.4 is 0 Å². The van der Waals surface area contributed by atoms with Gasteiger partial charge in [-0.25, -0.2) is 0 Å². The molecular formula is C27H42O. The molecular weight excluding hydrogens is 343 g/mol. The molecule has 156 valence electrons. The predicted octanol–water partition coefficient (Wildman–Crippen LogP) is 6.76. The van der Waals surface area contributed by atoms with E-state index < -0.39 is 5.60 Å². The minimum atomic E-state index is -0.760. The standard InChI is InChI=1S/C27H42O/c1-19(2)8-6-9-20(3)23-12-13-24-25(23,5)14-7-15-27(24,28)17-16-26-18-22(26)11-10-21(26)4/h19-20,22-24,28H,4,6-15,18H2,1-3,5H3/t20-,22-,23-,24-,25-,26-,27-/m1/s1/i4+1,15+1,17+1. The van der Waals surface area contributed by atoms with Crippen molar-refractivity contribution >= 4 is 0 Å². The van der Waals surface area contributed by atoms with Crippen molar-refractivity contribution in [2.75, 3.05) is 0 Å². The van der Waals surface area contributed by atoms with Gasteiger partial charge in [0.25, 0.3) is 0 Å². The molecule has 4 aliphatic rings. The zero-order chi connectivity index (χ0) is 20.2. The lowest BCUT2D eigenvalue weighted by Gasteiger charge is -2.49. The molecule has 28 heavy (non-hydrogen) atoms. The largest absolute Gasteiger partial charge is 0.377 e. The summed E-state index contributed by atoms with van der Waals surface area (Å²) in [6, 6.07) is 0. The molecule has 4 saturated carbocycles. The molecule has 0 unspecified atom stereocenters. The van der Waals surface area contributed by atoms with E-state index in [-0.39, 0.29) is 10.8 Å². The molecule has 0 aromatic carbocycles. The van der Waals surface area contributed by atoms with E-state index in [9.17, 15) is 5.11 Å². The fourth-order valence-electron chi connectivity index (χ4n) is 7.60. The van der Waals surface area contributed by atoms with Crippen LogP contribution in [0, 0.1) is 52.3 Å². The van der Waals surface area contributed by atoms with Gasteiger partial charge in [-0.15, -0.1) is 0 Å². The van der Waals surface area contributed by atoms with Crippen molar-refractivity contribution in [2.45, 2.75) is 104 Å². The number of aliphatic hydroxyl groups is 1. The normalized spacial score (nSPS) is 45.4. The lowest BCUT2D eigenvalue weighted by atomic mass is 9.62. The molecule has 4 aliphatic carbocycles. The average Bonchev–Trinajstić information content (AvgIpc) is 3.10. The summed E-state index contributed by atoms with van der Waals surface area (Å²) in [5.74, 6) is 10.6. The monoisotopic (exact) mass is 385 g/mol. The summed E-state index contributed by atoms with van der Waals surface area (Å²) in [6.07, 6.45) is 13.4. The van der Waals surface area contributed by atoms with Crippen LogP contribution in [0.5, 0.6) is 0 Å². The summed E-state index contributed by atoms with van der Waals surface area (Å²) < 4.78 is 0. The van der Waals surface area contributed by atoms with Gasteiger partial charge in [0.2, 0.25) is 0 Å². The highest BCUT2D eigenvalue weighted by atomic mass is 16.3. The molecule has 4 rings (SSSR count). The smallest absolute Gasteiger partial charge is 0.128 e. The van der Waals surface area contributed by atoms with Gasteiger partial charge >= 0.3 is 0 Å². The van der Waals surface area contributed by atoms with E-state index in [1.54, 1.807) is 0 Å². The zero-order valence-corrected chi connectivity index (χ0v) is 18.8. The lowest BCUT2D eigenvalue weighted by Crippen LogP contribution is -2.49. The Bertz CT molecular complexity index is 680. The summed E-state index contributed by atoms with van der Waals surface area (Å²) in [7, 11) is 0. The van der Waals surface area contributed by atoms with Gasteiger partial charge in [0.15, 0.2) is 0 Å². The molecule has 0 aliphatic heterocycles. The van der Waals surface area contributed by atoms with Crippen LogP contribution in [0.1, 0.15) is 98.3 Å². The zero-order valence-electron chi connectivity index (χ0n) is 18.8. The first-order valence-electron chi connectivity index (χ1n) is 12.2. The van der Waals surface area contributed by atoms with Crippen molar-refractivity contribution in [2.24, 2.45) is 40.4 Å². The molecule has 0 spiro atoms. The van der Waals surface area contributed by atoms with E-state index in [4.69, 9.17) is 0 Å². The summed E-state index contributed by atoms with van der Waals surface area (Å²) in [6.45, 7) is 13.9. The van der Waals surface area contributed by atoms with E-state index in [0.717, 1.165) is 49.4 Å². The van der Waals surface area contributed by atoms with Gasteiger partial charge in [-0.05, 0) is 80.5 Å². The third kappa shape index (κ3) is 3.29. The Balaban J connectivity index is 1.49. The highest BCUT2D eigenvalue weighted by molar-refractivity contribution is 5.42. The van der Waals surface area contributed by atoms with Crippen LogP contribution in [-0.4, -0.2) is 10.7 Å². The molecule has 0 aromatic heterocycles. The summed E-state index contributed by atoms with van der Waals surface area (Å²) in [5, 5.41) is 11.7. The van der Waals surface area contributed by atoms with Crippen molar-refractivity contribution in [3.8, 4) is 11.8 Å². The van der Waals surface area contributed by atoms with E-state index in [1.165, 1.54) is 50.5 Å². The summed E-state index contributed by atoms with van der Waals surface area (Å²) >= 11 is 0. The number of allylic oxidation sites excluding steroid dienone is 1. The highest BCUT2D eigenvalue weighted by Crippen LogP contribution is 2.66. The number of hydrogen-bond donors (Lipinski definition) is 1. The maximum atomic E-state index is 11.7. The van der Waals surface area contributed by atoms with Crippen LogP contribution in [-0.2, 0) is 0 Å². The van der Waals surface area contributed by atoms with Crippen molar-refractivity contribution in [1.82, 2.24) is 0 Å². The SMILES string of the molecule is CC(C)CCC[C@@H](C)[C@H]1CC[C@@H]2[C@]1(C)CC[13CH2][C@@]2(O)[13C]#C[C@]12C[C@H]1CCC2=[13CH2]. The third-order valence-electron chi connectivity index (χ3n) is 9.42. The molecule has 0 radical (unpaired) electrons. The van der Waals surface area contributed by atoms with Gasteiger partial charge in [0.05, 0.1) is 5.41 Å². The van der Waals surface area contributed by atoms with Gasteiger partial charge in [0.1, 0.15) is 5.60 Å². The minimum Gasteiger partial charge on any atom is -0.377 e. The molecule has 0 heterocycles. The topological polar surface area (TPSA) is 20.2 Å². The van der Waals surface area contributed by atoms with Crippen LogP contribution in [0.15, 0.2) is 12.2 Å². The number of fused-ring (bicyclic) bond motifs is 2. The quantitative estimate of drug-likeness (QED) is 0.315. The van der Waals surface area contributed by atoms with Gasteiger partial charge in [-0.2, -0.15) is 0 Å². The first-order valence-corrected chi connectivity index (χ1v) is 12.2. The van der Waals surface area contributed by atoms with Crippen molar-refractivity contribution in [3.05, 3.63) is 12.2 Å². The van der Waals surface area contributed by atoms with E-state index in [1.807, 2.05) is 0 Å². The van der Waals surface area contributed by atoms with Crippen molar-refractivity contribution < 1.29 is 5.11 Å². The second-order valence-electron chi connectivity index (χ2n) is 11.6. The van der Waals surface area contributed by atoms with E-state index in [2.05, 4.69) is 46.1 Å². The Hall–Kier alpha value is -0.740. The second-order valence-corrected chi connectivity index (χ2v) is 11.6. The van der Waals surface area contributed by atoms with E-state index in [0.29, 0.717) is 5.92 Å². The predicted molar refractivity (Wildman–Crippen MR) is 118 cm³/mol. The molecule has 1 N–H and O–H groups in total. The molecule has 0 saturated heterocycles. The fourth-order valence-corrected chi connectivity index (χ4v) is 7.60. The lowest BCUT2D eigenvalue weighted by molar-refractivity contribution is -0.0717. The third-order valence-corrected chi connectivity index (χ3v) is 9.42. The van der Waals surface area contributed by atoms with E-state index >= 15 is 0 Å². The summed E-state index contributed by atoms with van der Waals surface area (Å²) in [5.41, 5.74) is 0.942. The molecule has 1 heteroatoms. The Morgan fingerprint density at radius 2 is 1.89 bits per heavy atom. The maximum absolute atomic E-state index is 11.7. The van der Waals surface area contributed by atoms with Crippen molar-refractivity contribution in [3.63, 3.8) is 0 Å². The molecule has 7 atom stereocenters. The van der Waals surface area contributed by atoms with Crippen LogP contribution in [0.3, 0.4) is 0 Å². The van der Waals surface area contributed by atoms with Gasteiger partial charge in [-0.3, -0.25) is 0 Å². The Labute approximate surface area is 173 Å². The highest BCUT2D eigenvalue weighted by Gasteiger charge is 2.60. The fraction of sp³-hybridized carbons (Fsp3) is 0.852. The first kappa shape index (κ1) is 20.5. The van der Waals surface area contributed by atoms with Crippen LogP contribution >= 0.6 is 0 Å². The number of hydrogen-bond acceptors (Lipinski definition) is 1. The molecule has 0 amide bonds. The van der Waals surface area contributed by atoms with Gasteiger partial charge < -0.3 is 5.11 Å². The number of rotatable bonds is 5. The second kappa shape index (κ2) is 7.19. The molecule has 4 fully saturated rings. The Morgan fingerprint density at radius 1 is 1.11 bits per heavy atom. The van der Waals surface area contributed by atoms with Crippen LogP contribution in [0.25, 0.3) is 0 Å². The first-order chi connectivity index (χ1) is 13.2. The molecule has 0 bridgehead atoms. The van der Waals surface area contributed by atoms with Gasteiger partial charge in [-0.1, -0.05) is 71.0 Å². The average molecular weight is 386 g/mol. The molecule has 0 aromatic rings.